The maximum Gasteiger partial charge on any atom is 0.241 e. The number of carbonyl (C=O) groups is 1. The molecule has 0 bridgehead atoms. The summed E-state index contributed by atoms with van der Waals surface area (Å²) >= 11 is 1.56. The molecule has 27 heavy (non-hydrogen) atoms. The average Bonchev–Trinajstić information content (AvgIpc) is 3.30. The monoisotopic (exact) mass is 386 g/mol. The van der Waals surface area contributed by atoms with Crippen LogP contribution in [0, 0.1) is 0 Å². The van der Waals surface area contributed by atoms with Crippen molar-refractivity contribution < 1.29 is 4.79 Å². The molecular formula is C19H26N6OS. The highest BCUT2D eigenvalue weighted by Gasteiger charge is 2.48. The van der Waals surface area contributed by atoms with Crippen LogP contribution in [0.3, 0.4) is 0 Å². The van der Waals surface area contributed by atoms with Crippen molar-refractivity contribution in [3.05, 3.63) is 35.4 Å². The number of nitrogens with zero attached hydrogens (tertiary/aromatic N) is 5. The van der Waals surface area contributed by atoms with Gasteiger partial charge in [-0.15, -0.1) is 5.10 Å². The third kappa shape index (κ3) is 3.73. The molecular weight excluding hydrogens is 360 g/mol. The van der Waals surface area contributed by atoms with Crippen LogP contribution in [0.15, 0.2) is 29.4 Å². The van der Waals surface area contributed by atoms with Gasteiger partial charge in [0.1, 0.15) is 5.54 Å². The van der Waals surface area contributed by atoms with Crippen LogP contribution in [0.1, 0.15) is 30.4 Å². The van der Waals surface area contributed by atoms with Crippen molar-refractivity contribution in [3.8, 4) is 0 Å². The molecule has 1 aliphatic carbocycles. The van der Waals surface area contributed by atoms with Gasteiger partial charge in [0.25, 0.3) is 0 Å². The predicted molar refractivity (Wildman–Crippen MR) is 105 cm³/mol. The summed E-state index contributed by atoms with van der Waals surface area (Å²) in [6.07, 6.45) is 5.26. The van der Waals surface area contributed by atoms with Crippen molar-refractivity contribution in [1.29, 1.82) is 0 Å². The zero-order valence-electron chi connectivity index (χ0n) is 15.7. The highest BCUT2D eigenvalue weighted by Crippen LogP contribution is 2.36. The smallest absolute Gasteiger partial charge is 0.241 e. The largest absolute Gasteiger partial charge is 0.354 e. The van der Waals surface area contributed by atoms with E-state index in [2.05, 4.69) is 50.0 Å². The minimum absolute atomic E-state index is 0.164. The van der Waals surface area contributed by atoms with Gasteiger partial charge in [0.05, 0.1) is 0 Å². The van der Waals surface area contributed by atoms with Crippen LogP contribution >= 0.6 is 11.8 Å². The number of likely N-dealkylation sites (tertiary alicyclic amines) is 1. The number of nitrogens with one attached hydrogen (secondary N) is 1. The fourth-order valence-electron chi connectivity index (χ4n) is 4.26. The maximum atomic E-state index is 13.4. The van der Waals surface area contributed by atoms with Crippen molar-refractivity contribution >= 4 is 17.7 Å². The molecule has 1 amide bonds. The Morgan fingerprint density at radius 1 is 1.19 bits per heavy atom. The lowest BCUT2D eigenvalue weighted by molar-refractivity contribution is -0.134. The second kappa shape index (κ2) is 7.98. The molecule has 2 aromatic rings. The molecule has 144 valence electrons. The third-order valence-corrected chi connectivity index (χ3v) is 6.68. The molecule has 0 spiro atoms. The maximum absolute atomic E-state index is 13.4. The number of rotatable bonds is 6. The van der Waals surface area contributed by atoms with Crippen LogP contribution in [-0.4, -0.2) is 61.9 Å². The summed E-state index contributed by atoms with van der Waals surface area (Å²) in [5, 5.41) is 15.4. The van der Waals surface area contributed by atoms with Gasteiger partial charge in [-0.05, 0) is 47.5 Å². The van der Waals surface area contributed by atoms with Crippen molar-refractivity contribution in [3.63, 3.8) is 0 Å². The summed E-state index contributed by atoms with van der Waals surface area (Å²) in [5.41, 5.74) is 2.21. The van der Waals surface area contributed by atoms with Gasteiger partial charge in [-0.2, -0.15) is 0 Å². The minimum atomic E-state index is -0.429. The van der Waals surface area contributed by atoms with E-state index >= 15 is 0 Å². The van der Waals surface area contributed by atoms with E-state index in [9.17, 15) is 4.79 Å². The number of benzene rings is 1. The Morgan fingerprint density at radius 3 is 2.52 bits per heavy atom. The van der Waals surface area contributed by atoms with Gasteiger partial charge in [0, 0.05) is 32.2 Å². The highest BCUT2D eigenvalue weighted by atomic mass is 32.2. The van der Waals surface area contributed by atoms with Gasteiger partial charge in [-0.3, -0.25) is 9.69 Å². The SMILES string of the molecule is Cn1nnnc1SCCNC(=O)C1(N2CCCCC2)Cc2ccccc2C1. The van der Waals surface area contributed by atoms with Gasteiger partial charge in [-0.1, -0.05) is 42.4 Å². The van der Waals surface area contributed by atoms with Crippen LogP contribution in [0.2, 0.25) is 0 Å². The first kappa shape index (κ1) is 18.4. The lowest BCUT2D eigenvalue weighted by Gasteiger charge is -2.42. The first-order chi connectivity index (χ1) is 13.2. The summed E-state index contributed by atoms with van der Waals surface area (Å²) < 4.78 is 1.65. The summed E-state index contributed by atoms with van der Waals surface area (Å²) in [5.74, 6) is 0.917. The van der Waals surface area contributed by atoms with Crippen molar-refractivity contribution in [2.24, 2.45) is 7.05 Å². The normalized spacial score (nSPS) is 19.0. The van der Waals surface area contributed by atoms with E-state index in [1.807, 2.05) is 7.05 Å². The average molecular weight is 387 g/mol. The highest BCUT2D eigenvalue weighted by molar-refractivity contribution is 7.99. The zero-order valence-corrected chi connectivity index (χ0v) is 16.5. The lowest BCUT2D eigenvalue weighted by atomic mass is 9.89. The molecule has 8 heteroatoms. The van der Waals surface area contributed by atoms with E-state index in [0.29, 0.717) is 6.54 Å². The first-order valence-corrected chi connectivity index (χ1v) is 10.6. The molecule has 0 unspecified atom stereocenters. The number of aromatic nitrogens is 4. The quantitative estimate of drug-likeness (QED) is 0.598. The lowest BCUT2D eigenvalue weighted by Crippen LogP contribution is -2.61. The van der Waals surface area contributed by atoms with E-state index in [1.54, 1.807) is 16.4 Å². The number of hydrogen-bond acceptors (Lipinski definition) is 6. The van der Waals surface area contributed by atoms with Gasteiger partial charge in [0.2, 0.25) is 11.1 Å². The summed E-state index contributed by atoms with van der Waals surface area (Å²) in [6, 6.07) is 8.50. The fraction of sp³-hybridized carbons (Fsp3) is 0.579. The molecule has 7 nitrogen and oxygen atoms in total. The molecule has 0 saturated carbocycles. The van der Waals surface area contributed by atoms with Gasteiger partial charge < -0.3 is 5.32 Å². The summed E-state index contributed by atoms with van der Waals surface area (Å²) in [6.45, 7) is 2.64. The third-order valence-electron chi connectivity index (χ3n) is 5.67. The van der Waals surface area contributed by atoms with Gasteiger partial charge >= 0.3 is 0 Å². The van der Waals surface area contributed by atoms with E-state index in [4.69, 9.17) is 0 Å². The topological polar surface area (TPSA) is 75.9 Å². The molecule has 4 rings (SSSR count). The van der Waals surface area contributed by atoms with Crippen LogP contribution in [0.4, 0.5) is 0 Å². The Bertz CT molecular complexity index is 776. The Labute approximate surface area is 163 Å². The second-order valence-corrected chi connectivity index (χ2v) is 8.45. The van der Waals surface area contributed by atoms with E-state index < -0.39 is 5.54 Å². The van der Waals surface area contributed by atoms with E-state index in [-0.39, 0.29) is 5.91 Å². The first-order valence-electron chi connectivity index (χ1n) is 9.64. The number of hydrogen-bond donors (Lipinski definition) is 1. The van der Waals surface area contributed by atoms with E-state index in [1.165, 1.54) is 30.4 Å². The van der Waals surface area contributed by atoms with Crippen LogP contribution in [-0.2, 0) is 24.7 Å². The number of piperidine rings is 1. The second-order valence-electron chi connectivity index (χ2n) is 7.39. The van der Waals surface area contributed by atoms with Gasteiger partial charge in [0.15, 0.2) is 0 Å². The molecule has 1 aromatic carbocycles. The molecule has 1 N–H and O–H groups in total. The number of fused-ring (bicyclic) bond motifs is 1. The molecule has 1 aromatic heterocycles. The van der Waals surface area contributed by atoms with Gasteiger partial charge in [-0.25, -0.2) is 4.68 Å². The number of thioether (sulfide) groups is 1. The van der Waals surface area contributed by atoms with E-state index in [0.717, 1.165) is 36.8 Å². The molecule has 1 fully saturated rings. The number of tetrazole rings is 1. The standard InChI is InChI=1S/C19H26N6OS/c1-24-18(21-22-23-24)27-12-9-20-17(26)19(25-10-5-2-6-11-25)13-15-7-3-4-8-16(15)14-19/h3-4,7-8H,2,5-6,9-14H2,1H3,(H,20,26). The molecule has 0 radical (unpaired) electrons. The number of aryl methyl sites for hydroxylation is 1. The Balaban J connectivity index is 1.43. The van der Waals surface area contributed by atoms with Crippen molar-refractivity contribution in [2.45, 2.75) is 42.8 Å². The summed E-state index contributed by atoms with van der Waals surface area (Å²) in [4.78, 5) is 15.8. The molecule has 2 heterocycles. The van der Waals surface area contributed by atoms with Crippen molar-refractivity contribution in [2.75, 3.05) is 25.4 Å². The molecule has 0 atom stereocenters. The van der Waals surface area contributed by atoms with Crippen LogP contribution < -0.4 is 5.32 Å². The van der Waals surface area contributed by atoms with Crippen LogP contribution in [0.25, 0.3) is 0 Å². The minimum Gasteiger partial charge on any atom is -0.354 e. The number of amides is 1. The fourth-order valence-corrected chi connectivity index (χ4v) is 4.96. The van der Waals surface area contributed by atoms with Crippen molar-refractivity contribution in [1.82, 2.24) is 30.4 Å². The number of carbonyl (C=O) groups excluding carboxylic acids is 1. The van der Waals surface area contributed by atoms with Crippen LogP contribution in [0.5, 0.6) is 0 Å². The zero-order chi connectivity index (χ0) is 18.7. The Kier molecular flexibility index (Phi) is 5.45. The summed E-state index contributed by atoms with van der Waals surface area (Å²) in [7, 11) is 1.82. The molecule has 1 saturated heterocycles. The Morgan fingerprint density at radius 2 is 1.89 bits per heavy atom. The molecule has 1 aliphatic heterocycles. The molecule has 2 aliphatic rings. The Hall–Kier alpha value is -1.93. The predicted octanol–water partition coefficient (Wildman–Crippen LogP) is 1.44.